The van der Waals surface area contributed by atoms with Crippen molar-refractivity contribution in [3.8, 4) is 0 Å². The zero-order valence-corrected chi connectivity index (χ0v) is 8.91. The molecule has 1 N–H and O–H groups in total. The molecule has 2 aliphatic rings. The van der Waals surface area contributed by atoms with E-state index >= 15 is 0 Å². The number of nitrogens with zero attached hydrogens (tertiary/aromatic N) is 6. The Kier molecular flexibility index (Phi) is 2.01. The third-order valence-electron chi connectivity index (χ3n) is 2.62. The molecule has 3 rings (SSSR count). The van der Waals surface area contributed by atoms with E-state index in [0.29, 0.717) is 12.5 Å². The van der Waals surface area contributed by atoms with Gasteiger partial charge in [0, 0.05) is 0 Å². The first-order valence-corrected chi connectivity index (χ1v) is 5.00. The van der Waals surface area contributed by atoms with Gasteiger partial charge < -0.3 is 10.0 Å². The van der Waals surface area contributed by atoms with Crippen molar-refractivity contribution in [3.05, 3.63) is 12.0 Å². The molecule has 7 nitrogen and oxygen atoms in total. The Morgan fingerprint density at radius 1 is 1.50 bits per heavy atom. The molecule has 7 heteroatoms. The summed E-state index contributed by atoms with van der Waals surface area (Å²) in [6.07, 6.45) is 3.30. The summed E-state index contributed by atoms with van der Waals surface area (Å²) in [6.45, 7) is 1.30. The van der Waals surface area contributed by atoms with Crippen LogP contribution in [0.4, 0.5) is 5.82 Å². The SMILES string of the molecule is CN1CN=C2c3ncn(CO)c3N=CN2C1. The van der Waals surface area contributed by atoms with Gasteiger partial charge in [-0.25, -0.2) is 9.98 Å². The topological polar surface area (TPSA) is 69.2 Å². The van der Waals surface area contributed by atoms with Crippen molar-refractivity contribution in [1.29, 1.82) is 0 Å². The fourth-order valence-corrected chi connectivity index (χ4v) is 1.85. The monoisotopic (exact) mass is 220 g/mol. The molecular formula is C9H12N6O. The van der Waals surface area contributed by atoms with Gasteiger partial charge in [0.1, 0.15) is 6.73 Å². The van der Waals surface area contributed by atoms with Gasteiger partial charge in [-0.15, -0.1) is 0 Å². The average molecular weight is 220 g/mol. The van der Waals surface area contributed by atoms with Gasteiger partial charge in [0.25, 0.3) is 0 Å². The highest BCUT2D eigenvalue weighted by Crippen LogP contribution is 2.24. The standard InChI is InChI=1S/C9H12N6O/c1-13-2-11-8-7-9(12-4-14(8)5-13)15(6-16)3-10-7/h3-4,16H,2,5-6H2,1H3. The summed E-state index contributed by atoms with van der Waals surface area (Å²) >= 11 is 0. The molecule has 0 saturated heterocycles. The van der Waals surface area contributed by atoms with Crippen molar-refractivity contribution < 1.29 is 5.11 Å². The Hall–Kier alpha value is -1.73. The van der Waals surface area contributed by atoms with Gasteiger partial charge >= 0.3 is 0 Å². The van der Waals surface area contributed by atoms with Gasteiger partial charge in [-0.05, 0) is 7.05 Å². The van der Waals surface area contributed by atoms with E-state index in [9.17, 15) is 0 Å². The maximum absolute atomic E-state index is 9.11. The number of aromatic nitrogens is 2. The molecule has 0 unspecified atom stereocenters. The zero-order valence-electron chi connectivity index (χ0n) is 8.91. The van der Waals surface area contributed by atoms with Crippen molar-refractivity contribution in [2.24, 2.45) is 9.98 Å². The third kappa shape index (κ3) is 1.25. The Morgan fingerprint density at radius 3 is 3.19 bits per heavy atom. The van der Waals surface area contributed by atoms with Crippen molar-refractivity contribution in [2.45, 2.75) is 6.73 Å². The van der Waals surface area contributed by atoms with Crippen LogP contribution in [0.15, 0.2) is 16.3 Å². The highest BCUT2D eigenvalue weighted by molar-refractivity contribution is 6.08. The molecule has 0 spiro atoms. The molecule has 0 aliphatic carbocycles. The van der Waals surface area contributed by atoms with E-state index in [-0.39, 0.29) is 6.73 Å². The fraction of sp³-hybridized carbons (Fsp3) is 0.444. The number of hydrogen-bond acceptors (Lipinski definition) is 6. The zero-order chi connectivity index (χ0) is 11.1. The van der Waals surface area contributed by atoms with Crippen LogP contribution in [0.2, 0.25) is 0 Å². The molecule has 2 aliphatic heterocycles. The van der Waals surface area contributed by atoms with Crippen LogP contribution < -0.4 is 0 Å². The summed E-state index contributed by atoms with van der Waals surface area (Å²) in [5.41, 5.74) is 0.740. The van der Waals surface area contributed by atoms with Crippen LogP contribution in [-0.4, -0.2) is 57.0 Å². The van der Waals surface area contributed by atoms with Gasteiger partial charge in [0.15, 0.2) is 17.3 Å². The molecule has 1 aromatic heterocycles. The van der Waals surface area contributed by atoms with E-state index in [1.807, 2.05) is 11.9 Å². The first-order chi connectivity index (χ1) is 7.79. The maximum atomic E-state index is 9.11. The number of amidine groups is 1. The van der Waals surface area contributed by atoms with Crippen LogP contribution in [-0.2, 0) is 6.73 Å². The van der Waals surface area contributed by atoms with Crippen LogP contribution in [0.3, 0.4) is 0 Å². The number of hydrogen-bond donors (Lipinski definition) is 1. The molecule has 0 bridgehead atoms. The molecular weight excluding hydrogens is 208 g/mol. The number of aliphatic imine (C=N–C) groups is 2. The van der Waals surface area contributed by atoms with Crippen LogP contribution in [0.5, 0.6) is 0 Å². The highest BCUT2D eigenvalue weighted by Gasteiger charge is 2.27. The molecule has 0 atom stereocenters. The second-order valence-electron chi connectivity index (χ2n) is 3.86. The number of aliphatic hydroxyl groups is 1. The largest absolute Gasteiger partial charge is 0.376 e. The van der Waals surface area contributed by atoms with Gasteiger partial charge in [0.05, 0.1) is 26.0 Å². The highest BCUT2D eigenvalue weighted by atomic mass is 16.3. The quantitative estimate of drug-likeness (QED) is 0.687. The predicted molar refractivity (Wildman–Crippen MR) is 58.5 cm³/mol. The number of rotatable bonds is 1. The summed E-state index contributed by atoms with van der Waals surface area (Å²) in [5, 5.41) is 9.11. The molecule has 0 fully saturated rings. The number of aliphatic hydroxyl groups excluding tert-OH is 1. The smallest absolute Gasteiger partial charge is 0.167 e. The van der Waals surface area contributed by atoms with E-state index in [4.69, 9.17) is 5.11 Å². The molecule has 3 heterocycles. The van der Waals surface area contributed by atoms with Crippen molar-refractivity contribution in [2.75, 3.05) is 20.4 Å². The summed E-state index contributed by atoms with van der Waals surface area (Å²) < 4.78 is 1.59. The maximum Gasteiger partial charge on any atom is 0.167 e. The third-order valence-corrected chi connectivity index (χ3v) is 2.62. The first-order valence-electron chi connectivity index (χ1n) is 5.00. The van der Waals surface area contributed by atoms with Gasteiger partial charge in [-0.2, -0.15) is 0 Å². The van der Waals surface area contributed by atoms with E-state index in [1.54, 1.807) is 17.2 Å². The number of fused-ring (bicyclic) bond motifs is 3. The van der Waals surface area contributed by atoms with E-state index in [2.05, 4.69) is 19.9 Å². The molecule has 0 amide bonds. The van der Waals surface area contributed by atoms with E-state index in [0.717, 1.165) is 18.2 Å². The van der Waals surface area contributed by atoms with Crippen LogP contribution in [0.25, 0.3) is 0 Å². The second kappa shape index (κ2) is 3.39. The lowest BCUT2D eigenvalue weighted by atomic mass is 10.3. The summed E-state index contributed by atoms with van der Waals surface area (Å²) in [5.74, 6) is 1.50. The second-order valence-corrected chi connectivity index (χ2v) is 3.86. The Balaban J connectivity index is 2.08. The fourth-order valence-electron chi connectivity index (χ4n) is 1.85. The number of imidazole rings is 1. The molecule has 0 radical (unpaired) electrons. The molecule has 1 aromatic rings. The van der Waals surface area contributed by atoms with Crippen molar-refractivity contribution >= 4 is 18.0 Å². The lowest BCUT2D eigenvalue weighted by molar-refractivity contribution is 0.211. The van der Waals surface area contributed by atoms with E-state index in [1.165, 1.54) is 0 Å². The molecule has 84 valence electrons. The Morgan fingerprint density at radius 2 is 2.38 bits per heavy atom. The minimum Gasteiger partial charge on any atom is -0.376 e. The molecule has 0 aromatic carbocycles. The molecule has 16 heavy (non-hydrogen) atoms. The lowest BCUT2D eigenvalue weighted by Crippen LogP contribution is -2.45. The van der Waals surface area contributed by atoms with Gasteiger partial charge in [-0.1, -0.05) is 0 Å². The van der Waals surface area contributed by atoms with E-state index < -0.39 is 0 Å². The average Bonchev–Trinajstić information content (AvgIpc) is 2.71. The van der Waals surface area contributed by atoms with Crippen molar-refractivity contribution in [1.82, 2.24) is 19.4 Å². The first kappa shape index (κ1) is 9.49. The van der Waals surface area contributed by atoms with Crippen LogP contribution >= 0.6 is 0 Å². The summed E-state index contributed by atoms with van der Waals surface area (Å²) in [4.78, 5) is 17.0. The minimum absolute atomic E-state index is 0.118. The van der Waals surface area contributed by atoms with Gasteiger partial charge in [-0.3, -0.25) is 14.5 Å². The predicted octanol–water partition coefficient (Wildman–Crippen LogP) is -0.585. The normalized spacial score (nSPS) is 19.4. The molecule has 0 saturated carbocycles. The lowest BCUT2D eigenvalue weighted by Gasteiger charge is -2.32. The van der Waals surface area contributed by atoms with Crippen molar-refractivity contribution in [3.63, 3.8) is 0 Å². The van der Waals surface area contributed by atoms with Crippen LogP contribution in [0, 0.1) is 0 Å². The van der Waals surface area contributed by atoms with Crippen LogP contribution in [0.1, 0.15) is 5.69 Å². The minimum atomic E-state index is -0.118. The Labute approximate surface area is 92.4 Å². The Bertz CT molecular complexity index is 476. The van der Waals surface area contributed by atoms with Gasteiger partial charge in [0.2, 0.25) is 0 Å². The summed E-state index contributed by atoms with van der Waals surface area (Å²) in [6, 6.07) is 0. The summed E-state index contributed by atoms with van der Waals surface area (Å²) in [7, 11) is 2.00.